The lowest BCUT2D eigenvalue weighted by atomic mass is 10.1. The van der Waals surface area contributed by atoms with Gasteiger partial charge in [0.15, 0.2) is 0 Å². The van der Waals surface area contributed by atoms with Crippen LogP contribution >= 0.6 is 11.6 Å². The molecular weight excluding hydrogens is 336 g/mol. The lowest BCUT2D eigenvalue weighted by molar-refractivity contribution is 0.0752. The minimum Gasteiger partial charge on any atom is -0.334 e. The van der Waals surface area contributed by atoms with Gasteiger partial charge in [0.05, 0.1) is 6.54 Å². The number of aromatic amines is 1. The van der Waals surface area contributed by atoms with Crippen LogP contribution < -0.4 is 5.56 Å². The van der Waals surface area contributed by atoms with Crippen molar-refractivity contribution in [1.29, 1.82) is 0 Å². The highest BCUT2D eigenvalue weighted by Crippen LogP contribution is 2.16. The summed E-state index contributed by atoms with van der Waals surface area (Å²) < 4.78 is 0. The lowest BCUT2D eigenvalue weighted by Crippen LogP contribution is -2.32. The van der Waals surface area contributed by atoms with Gasteiger partial charge in [-0.25, -0.2) is 0 Å². The first-order chi connectivity index (χ1) is 12.0. The number of benzene rings is 2. The molecule has 0 spiro atoms. The van der Waals surface area contributed by atoms with Crippen molar-refractivity contribution < 1.29 is 4.79 Å². The van der Waals surface area contributed by atoms with Crippen LogP contribution in [0.2, 0.25) is 5.02 Å². The van der Waals surface area contributed by atoms with Crippen LogP contribution in [0.25, 0.3) is 10.9 Å². The van der Waals surface area contributed by atoms with Crippen LogP contribution in [-0.4, -0.2) is 22.3 Å². The maximum Gasteiger partial charge on any atom is 0.254 e. The van der Waals surface area contributed by atoms with Crippen molar-refractivity contribution in [2.45, 2.75) is 20.4 Å². The van der Waals surface area contributed by atoms with Crippen molar-refractivity contribution in [3.8, 4) is 0 Å². The van der Waals surface area contributed by atoms with Gasteiger partial charge in [0.25, 0.3) is 11.5 Å². The molecule has 0 fully saturated rings. The molecule has 2 aromatic carbocycles. The Bertz CT molecular complexity index is 994. The number of aryl methyl sites for hydroxylation is 1. The van der Waals surface area contributed by atoms with Crippen LogP contribution in [0.15, 0.2) is 53.3 Å². The number of pyridine rings is 1. The average Bonchev–Trinajstić information content (AvgIpc) is 2.59. The van der Waals surface area contributed by atoms with Crippen LogP contribution in [0.5, 0.6) is 0 Å². The second kappa shape index (κ2) is 7.11. The Kier molecular flexibility index (Phi) is 4.91. The number of nitrogens with one attached hydrogen (secondary N) is 1. The molecule has 3 rings (SSSR count). The third-order valence-electron chi connectivity index (χ3n) is 4.18. The molecule has 5 heteroatoms. The van der Waals surface area contributed by atoms with Gasteiger partial charge in [0.2, 0.25) is 0 Å². The first kappa shape index (κ1) is 17.2. The standard InChI is InChI=1S/C20H19ClN2O2/c1-3-23(20(25)14-5-4-6-17(21)11-14)12-16-10-15-9-13(2)7-8-18(15)22-19(16)24/h4-11H,3,12H2,1-2H3,(H,22,24). The number of carbonyl (C=O) groups excluding carboxylic acids is 1. The summed E-state index contributed by atoms with van der Waals surface area (Å²) in [5.74, 6) is -0.145. The monoisotopic (exact) mass is 354 g/mol. The van der Waals surface area contributed by atoms with Gasteiger partial charge in [-0.15, -0.1) is 0 Å². The molecule has 4 nitrogen and oxygen atoms in total. The first-order valence-corrected chi connectivity index (χ1v) is 8.53. The Morgan fingerprint density at radius 1 is 1.16 bits per heavy atom. The SMILES string of the molecule is CCN(Cc1cc2cc(C)ccc2[nH]c1=O)C(=O)c1cccc(Cl)c1. The summed E-state index contributed by atoms with van der Waals surface area (Å²) in [6.07, 6.45) is 0. The number of carbonyl (C=O) groups is 1. The van der Waals surface area contributed by atoms with Crippen LogP contribution in [0, 0.1) is 6.92 Å². The molecule has 25 heavy (non-hydrogen) atoms. The number of amides is 1. The molecule has 0 bridgehead atoms. The molecule has 0 aliphatic heterocycles. The molecule has 0 saturated carbocycles. The summed E-state index contributed by atoms with van der Waals surface area (Å²) in [4.78, 5) is 29.6. The molecule has 1 N–H and O–H groups in total. The van der Waals surface area contributed by atoms with E-state index < -0.39 is 0 Å². The highest BCUT2D eigenvalue weighted by Gasteiger charge is 2.16. The fourth-order valence-electron chi connectivity index (χ4n) is 2.83. The summed E-state index contributed by atoms with van der Waals surface area (Å²) in [7, 11) is 0. The summed E-state index contributed by atoms with van der Waals surface area (Å²) >= 11 is 5.98. The second-order valence-corrected chi connectivity index (χ2v) is 6.48. The number of halogens is 1. The van der Waals surface area contributed by atoms with Crippen molar-refractivity contribution in [3.63, 3.8) is 0 Å². The highest BCUT2D eigenvalue weighted by molar-refractivity contribution is 6.30. The van der Waals surface area contributed by atoms with Gasteiger partial charge in [-0.3, -0.25) is 9.59 Å². The fraction of sp³-hybridized carbons (Fsp3) is 0.200. The molecule has 0 saturated heterocycles. The predicted octanol–water partition coefficient (Wildman–Crippen LogP) is 4.15. The number of hydrogen-bond acceptors (Lipinski definition) is 2. The largest absolute Gasteiger partial charge is 0.334 e. The summed E-state index contributed by atoms with van der Waals surface area (Å²) in [6, 6.07) is 14.6. The molecule has 0 atom stereocenters. The number of nitrogens with zero attached hydrogens (tertiary/aromatic N) is 1. The van der Waals surface area contributed by atoms with Crippen LogP contribution in [0.1, 0.15) is 28.4 Å². The topological polar surface area (TPSA) is 53.2 Å². The first-order valence-electron chi connectivity index (χ1n) is 8.15. The molecule has 1 heterocycles. The molecule has 3 aromatic rings. The molecule has 0 aliphatic rings. The molecule has 1 amide bonds. The lowest BCUT2D eigenvalue weighted by Gasteiger charge is -2.21. The maximum absolute atomic E-state index is 12.7. The van der Waals surface area contributed by atoms with Crippen LogP contribution in [0.3, 0.4) is 0 Å². The Morgan fingerprint density at radius 2 is 1.96 bits per heavy atom. The molecule has 128 valence electrons. The maximum atomic E-state index is 12.7. The van der Waals surface area contributed by atoms with Gasteiger partial charge in [0, 0.05) is 28.2 Å². The van der Waals surface area contributed by atoms with E-state index in [2.05, 4.69) is 4.98 Å². The number of fused-ring (bicyclic) bond motifs is 1. The zero-order valence-electron chi connectivity index (χ0n) is 14.2. The van der Waals surface area contributed by atoms with E-state index in [4.69, 9.17) is 11.6 Å². The third-order valence-corrected chi connectivity index (χ3v) is 4.41. The quantitative estimate of drug-likeness (QED) is 0.765. The predicted molar refractivity (Wildman–Crippen MR) is 101 cm³/mol. The van der Waals surface area contributed by atoms with E-state index in [0.29, 0.717) is 22.7 Å². The van der Waals surface area contributed by atoms with E-state index in [-0.39, 0.29) is 18.0 Å². The highest BCUT2D eigenvalue weighted by atomic mass is 35.5. The van der Waals surface area contributed by atoms with Crippen molar-refractivity contribution in [1.82, 2.24) is 9.88 Å². The normalized spacial score (nSPS) is 10.8. The third kappa shape index (κ3) is 3.74. The van der Waals surface area contributed by atoms with Crippen molar-refractivity contribution in [3.05, 3.63) is 80.6 Å². The zero-order chi connectivity index (χ0) is 18.0. The van der Waals surface area contributed by atoms with E-state index in [1.165, 1.54) is 0 Å². The number of aromatic nitrogens is 1. The number of rotatable bonds is 4. The molecule has 0 radical (unpaired) electrons. The van der Waals surface area contributed by atoms with E-state index in [0.717, 1.165) is 16.5 Å². The minimum absolute atomic E-state index is 0.145. The van der Waals surface area contributed by atoms with E-state index in [1.807, 2.05) is 38.1 Å². The van der Waals surface area contributed by atoms with Crippen molar-refractivity contribution >= 4 is 28.4 Å². The fourth-order valence-corrected chi connectivity index (χ4v) is 3.02. The summed E-state index contributed by atoms with van der Waals surface area (Å²) in [5, 5.41) is 1.47. The van der Waals surface area contributed by atoms with Gasteiger partial charge >= 0.3 is 0 Å². The number of hydrogen-bond donors (Lipinski definition) is 1. The van der Waals surface area contributed by atoms with Gasteiger partial charge in [-0.05, 0) is 55.6 Å². The van der Waals surface area contributed by atoms with Crippen molar-refractivity contribution in [2.75, 3.05) is 6.54 Å². The van der Waals surface area contributed by atoms with Gasteiger partial charge in [0.1, 0.15) is 0 Å². The molecular formula is C20H19ClN2O2. The Morgan fingerprint density at radius 3 is 2.68 bits per heavy atom. The van der Waals surface area contributed by atoms with E-state index in [1.54, 1.807) is 29.2 Å². The Balaban J connectivity index is 1.93. The van der Waals surface area contributed by atoms with Gasteiger partial charge < -0.3 is 9.88 Å². The molecule has 1 aromatic heterocycles. The molecule has 0 unspecified atom stereocenters. The van der Waals surface area contributed by atoms with Gasteiger partial charge in [-0.1, -0.05) is 29.3 Å². The zero-order valence-corrected chi connectivity index (χ0v) is 14.9. The second-order valence-electron chi connectivity index (χ2n) is 6.04. The average molecular weight is 355 g/mol. The Hall–Kier alpha value is -2.59. The van der Waals surface area contributed by atoms with Crippen LogP contribution in [0.4, 0.5) is 0 Å². The Labute approximate surface area is 151 Å². The smallest absolute Gasteiger partial charge is 0.254 e. The van der Waals surface area contributed by atoms with Crippen LogP contribution in [-0.2, 0) is 6.54 Å². The minimum atomic E-state index is -0.173. The van der Waals surface area contributed by atoms with Crippen molar-refractivity contribution in [2.24, 2.45) is 0 Å². The van der Waals surface area contributed by atoms with E-state index in [9.17, 15) is 9.59 Å². The van der Waals surface area contributed by atoms with Gasteiger partial charge in [-0.2, -0.15) is 0 Å². The summed E-state index contributed by atoms with van der Waals surface area (Å²) in [6.45, 7) is 4.64. The summed E-state index contributed by atoms with van der Waals surface area (Å²) in [5.41, 5.74) is 2.82. The molecule has 0 aliphatic carbocycles. The number of H-pyrrole nitrogens is 1. The van der Waals surface area contributed by atoms with E-state index >= 15 is 0 Å².